The highest BCUT2D eigenvalue weighted by Gasteiger charge is 2.21. The lowest BCUT2D eigenvalue weighted by Gasteiger charge is -2.25. The minimum Gasteiger partial charge on any atom is -0.351 e. The fraction of sp³-hybridized carbons (Fsp3) is 0.250. The first-order valence-corrected chi connectivity index (χ1v) is 7.30. The average molecular weight is 323 g/mol. The highest BCUT2D eigenvalue weighted by atomic mass is 35.5. The molecular weight excluding hydrogens is 307 g/mol. The molecule has 0 aliphatic heterocycles. The topological polar surface area (TPSA) is 42.0 Å². The van der Waals surface area contributed by atoms with Gasteiger partial charge in [0.15, 0.2) is 0 Å². The van der Waals surface area contributed by atoms with Crippen LogP contribution in [0, 0.1) is 0 Å². The molecule has 1 aromatic carbocycles. The van der Waals surface area contributed by atoms with Crippen LogP contribution in [0.4, 0.5) is 0 Å². The molecule has 21 heavy (non-hydrogen) atoms. The van der Waals surface area contributed by atoms with Gasteiger partial charge in [0, 0.05) is 23.2 Å². The van der Waals surface area contributed by atoms with Crippen molar-refractivity contribution in [2.24, 2.45) is 0 Å². The molecule has 0 saturated heterocycles. The molecule has 0 spiro atoms. The van der Waals surface area contributed by atoms with Crippen LogP contribution < -0.4 is 5.32 Å². The molecule has 110 valence electrons. The maximum atomic E-state index is 12.1. The third kappa shape index (κ3) is 4.19. The Morgan fingerprint density at radius 2 is 1.81 bits per heavy atom. The van der Waals surface area contributed by atoms with E-state index >= 15 is 0 Å². The second kappa shape index (κ2) is 6.46. The van der Waals surface area contributed by atoms with Crippen LogP contribution in [0.1, 0.15) is 29.8 Å². The van der Waals surface area contributed by atoms with Gasteiger partial charge >= 0.3 is 0 Å². The molecule has 0 unspecified atom stereocenters. The van der Waals surface area contributed by atoms with Crippen LogP contribution in [0.25, 0.3) is 0 Å². The summed E-state index contributed by atoms with van der Waals surface area (Å²) in [7, 11) is 0. The molecule has 2 rings (SSSR count). The molecule has 0 radical (unpaired) electrons. The Bertz CT molecular complexity index is 622. The lowest BCUT2D eigenvalue weighted by molar-refractivity contribution is 0.0945. The zero-order valence-corrected chi connectivity index (χ0v) is 13.4. The summed E-state index contributed by atoms with van der Waals surface area (Å²) in [4.78, 5) is 16.0. The number of halogens is 2. The van der Waals surface area contributed by atoms with E-state index in [0.29, 0.717) is 22.3 Å². The molecular formula is C16H16Cl2N2O. The molecule has 2 aromatic rings. The summed E-state index contributed by atoms with van der Waals surface area (Å²) in [6, 6.07) is 10.9. The van der Waals surface area contributed by atoms with Crippen molar-refractivity contribution in [2.75, 3.05) is 6.54 Å². The Hall–Kier alpha value is -1.58. The van der Waals surface area contributed by atoms with Crippen molar-refractivity contribution < 1.29 is 4.79 Å². The first-order valence-electron chi connectivity index (χ1n) is 6.54. The first kappa shape index (κ1) is 15.8. The number of hydrogen-bond acceptors (Lipinski definition) is 2. The maximum absolute atomic E-state index is 12.1. The van der Waals surface area contributed by atoms with E-state index in [-0.39, 0.29) is 11.3 Å². The zero-order chi connectivity index (χ0) is 15.5. The average Bonchev–Trinajstić information content (AvgIpc) is 2.46. The van der Waals surface area contributed by atoms with E-state index in [2.05, 4.69) is 24.1 Å². The van der Waals surface area contributed by atoms with E-state index in [1.54, 1.807) is 12.1 Å². The Morgan fingerprint density at radius 1 is 1.14 bits per heavy atom. The summed E-state index contributed by atoms with van der Waals surface area (Å²) in [5.74, 6) is -0.166. The van der Waals surface area contributed by atoms with Gasteiger partial charge in [-0.25, -0.2) is 4.98 Å². The summed E-state index contributed by atoms with van der Waals surface area (Å²) < 4.78 is 0. The van der Waals surface area contributed by atoms with Crippen molar-refractivity contribution >= 4 is 29.1 Å². The van der Waals surface area contributed by atoms with Gasteiger partial charge < -0.3 is 5.32 Å². The lowest BCUT2D eigenvalue weighted by atomic mass is 9.84. The van der Waals surface area contributed by atoms with E-state index in [1.165, 1.54) is 6.20 Å². The van der Waals surface area contributed by atoms with Crippen molar-refractivity contribution in [3.63, 3.8) is 0 Å². The van der Waals surface area contributed by atoms with Gasteiger partial charge in [0.25, 0.3) is 5.91 Å². The number of hydrogen-bond donors (Lipinski definition) is 1. The molecule has 0 saturated carbocycles. The van der Waals surface area contributed by atoms with Gasteiger partial charge in [-0.3, -0.25) is 4.79 Å². The van der Waals surface area contributed by atoms with Gasteiger partial charge in [0.1, 0.15) is 5.15 Å². The molecule has 0 fully saturated rings. The Labute approximate surface area is 134 Å². The van der Waals surface area contributed by atoms with Crippen molar-refractivity contribution in [3.8, 4) is 0 Å². The molecule has 1 heterocycles. The number of nitrogens with one attached hydrogen (secondary N) is 1. The Morgan fingerprint density at radius 3 is 2.38 bits per heavy atom. The zero-order valence-electron chi connectivity index (χ0n) is 11.9. The van der Waals surface area contributed by atoms with Gasteiger partial charge in [-0.15, -0.1) is 0 Å². The van der Waals surface area contributed by atoms with Crippen molar-refractivity contribution in [2.45, 2.75) is 19.3 Å². The van der Waals surface area contributed by atoms with Crippen LogP contribution in [-0.4, -0.2) is 17.4 Å². The number of nitrogens with zero attached hydrogens (tertiary/aromatic N) is 1. The predicted molar refractivity (Wildman–Crippen MR) is 86.1 cm³/mol. The number of carbonyl (C=O) groups is 1. The minimum atomic E-state index is -0.194. The van der Waals surface area contributed by atoms with E-state index < -0.39 is 0 Å². The van der Waals surface area contributed by atoms with Gasteiger partial charge in [0.05, 0.1) is 5.56 Å². The summed E-state index contributed by atoms with van der Waals surface area (Å²) in [6.07, 6.45) is 1.47. The third-order valence-electron chi connectivity index (χ3n) is 3.31. The van der Waals surface area contributed by atoms with Crippen LogP contribution in [0.15, 0.2) is 42.6 Å². The molecule has 1 amide bonds. The van der Waals surface area contributed by atoms with Crippen LogP contribution >= 0.6 is 23.2 Å². The summed E-state index contributed by atoms with van der Waals surface area (Å²) >= 11 is 11.6. The van der Waals surface area contributed by atoms with E-state index in [9.17, 15) is 4.79 Å². The van der Waals surface area contributed by atoms with Gasteiger partial charge in [0.2, 0.25) is 0 Å². The van der Waals surface area contributed by atoms with E-state index in [4.69, 9.17) is 23.2 Å². The Kier molecular flexibility index (Phi) is 4.86. The van der Waals surface area contributed by atoms with Crippen molar-refractivity contribution in [3.05, 3.63) is 63.9 Å². The largest absolute Gasteiger partial charge is 0.351 e. The standard InChI is InChI=1S/C16H16Cl2N2O/c1-16(2,12-4-6-13(17)7-5-12)10-20-15(21)11-3-8-14(18)19-9-11/h3-9H,10H2,1-2H3,(H,20,21). The highest BCUT2D eigenvalue weighted by Crippen LogP contribution is 2.24. The number of aromatic nitrogens is 1. The number of rotatable bonds is 4. The van der Waals surface area contributed by atoms with Crippen LogP contribution in [-0.2, 0) is 5.41 Å². The van der Waals surface area contributed by atoms with Crippen LogP contribution in [0.5, 0.6) is 0 Å². The monoisotopic (exact) mass is 322 g/mol. The van der Waals surface area contributed by atoms with Crippen molar-refractivity contribution in [1.82, 2.24) is 10.3 Å². The van der Waals surface area contributed by atoms with Gasteiger partial charge in [-0.1, -0.05) is 49.2 Å². The molecule has 0 aliphatic carbocycles. The SMILES string of the molecule is CC(C)(CNC(=O)c1ccc(Cl)nc1)c1ccc(Cl)cc1. The van der Waals surface area contributed by atoms with E-state index in [0.717, 1.165) is 5.56 Å². The fourth-order valence-corrected chi connectivity index (χ4v) is 2.15. The molecule has 1 aromatic heterocycles. The summed E-state index contributed by atoms with van der Waals surface area (Å²) in [5, 5.41) is 3.99. The quantitative estimate of drug-likeness (QED) is 0.861. The molecule has 3 nitrogen and oxygen atoms in total. The second-order valence-electron chi connectivity index (χ2n) is 5.44. The molecule has 0 atom stereocenters. The minimum absolute atomic E-state index is 0.166. The summed E-state index contributed by atoms with van der Waals surface area (Å²) in [6.45, 7) is 4.64. The fourth-order valence-electron chi connectivity index (χ4n) is 1.92. The molecule has 0 aliphatic rings. The lowest BCUT2D eigenvalue weighted by Crippen LogP contribution is -2.36. The van der Waals surface area contributed by atoms with E-state index in [1.807, 2.05) is 24.3 Å². The number of carbonyl (C=O) groups excluding carboxylic acids is 1. The molecule has 0 bridgehead atoms. The first-order chi connectivity index (χ1) is 9.88. The van der Waals surface area contributed by atoms with Gasteiger partial charge in [-0.05, 0) is 29.8 Å². The highest BCUT2D eigenvalue weighted by molar-refractivity contribution is 6.30. The predicted octanol–water partition coefficient (Wildman–Crippen LogP) is 4.10. The third-order valence-corrected chi connectivity index (χ3v) is 3.78. The smallest absolute Gasteiger partial charge is 0.252 e. The number of amides is 1. The Balaban J connectivity index is 2.02. The number of pyridine rings is 1. The maximum Gasteiger partial charge on any atom is 0.252 e. The van der Waals surface area contributed by atoms with Gasteiger partial charge in [-0.2, -0.15) is 0 Å². The molecule has 5 heteroatoms. The summed E-state index contributed by atoms with van der Waals surface area (Å²) in [5.41, 5.74) is 1.41. The van der Waals surface area contributed by atoms with Crippen LogP contribution in [0.3, 0.4) is 0 Å². The number of benzene rings is 1. The normalized spacial score (nSPS) is 11.2. The second-order valence-corrected chi connectivity index (χ2v) is 6.27. The van der Waals surface area contributed by atoms with Crippen LogP contribution in [0.2, 0.25) is 10.2 Å². The van der Waals surface area contributed by atoms with Crippen molar-refractivity contribution in [1.29, 1.82) is 0 Å². The molecule has 1 N–H and O–H groups in total.